The van der Waals surface area contributed by atoms with Crippen molar-refractivity contribution in [2.75, 3.05) is 0 Å². The normalized spacial score (nSPS) is 12.8. The predicted molar refractivity (Wildman–Crippen MR) is 102 cm³/mol. The van der Waals surface area contributed by atoms with Gasteiger partial charge in [-0.3, -0.25) is 14.4 Å². The first-order chi connectivity index (χ1) is 12.4. The van der Waals surface area contributed by atoms with Crippen LogP contribution in [0.3, 0.4) is 0 Å². The molecular formula is C20H31N3O3. The van der Waals surface area contributed by atoms with Gasteiger partial charge in [-0.25, -0.2) is 0 Å². The van der Waals surface area contributed by atoms with Crippen LogP contribution in [0, 0.1) is 0 Å². The van der Waals surface area contributed by atoms with Crippen LogP contribution < -0.4 is 16.4 Å². The van der Waals surface area contributed by atoms with Crippen LogP contribution in [0.5, 0.6) is 0 Å². The zero-order chi connectivity index (χ0) is 19.4. The van der Waals surface area contributed by atoms with Crippen LogP contribution in [0.15, 0.2) is 30.3 Å². The molecule has 0 spiro atoms. The highest BCUT2D eigenvalue weighted by Crippen LogP contribution is 2.11. The van der Waals surface area contributed by atoms with Crippen LogP contribution in [0.25, 0.3) is 0 Å². The summed E-state index contributed by atoms with van der Waals surface area (Å²) in [4.78, 5) is 35.5. The SMILES string of the molecule is CCCCCC[C@H](NC(=O)CCC(=O)N[C@H](C)c1ccccc1)C(N)=O. The lowest BCUT2D eigenvalue weighted by Crippen LogP contribution is -2.44. The second kappa shape index (κ2) is 12.1. The van der Waals surface area contributed by atoms with Gasteiger partial charge in [-0.15, -0.1) is 0 Å². The molecule has 6 nitrogen and oxygen atoms in total. The Balaban J connectivity index is 2.34. The number of primary amides is 1. The number of carbonyl (C=O) groups is 3. The summed E-state index contributed by atoms with van der Waals surface area (Å²) in [6.45, 7) is 4.00. The molecule has 0 aliphatic carbocycles. The molecule has 26 heavy (non-hydrogen) atoms. The van der Waals surface area contributed by atoms with E-state index in [0.717, 1.165) is 31.2 Å². The van der Waals surface area contributed by atoms with Gasteiger partial charge in [-0.05, 0) is 18.9 Å². The molecule has 6 heteroatoms. The number of benzene rings is 1. The molecule has 1 aromatic carbocycles. The summed E-state index contributed by atoms with van der Waals surface area (Å²) < 4.78 is 0. The fourth-order valence-corrected chi connectivity index (χ4v) is 2.69. The van der Waals surface area contributed by atoms with Crippen molar-refractivity contribution in [1.29, 1.82) is 0 Å². The van der Waals surface area contributed by atoms with Crippen molar-refractivity contribution in [3.05, 3.63) is 35.9 Å². The van der Waals surface area contributed by atoms with Gasteiger partial charge in [0.05, 0.1) is 6.04 Å². The van der Waals surface area contributed by atoms with Gasteiger partial charge in [0.2, 0.25) is 17.7 Å². The van der Waals surface area contributed by atoms with Gasteiger partial charge in [0.25, 0.3) is 0 Å². The maximum absolute atomic E-state index is 12.0. The van der Waals surface area contributed by atoms with Gasteiger partial charge in [-0.2, -0.15) is 0 Å². The predicted octanol–water partition coefficient (Wildman–Crippen LogP) is 2.58. The van der Waals surface area contributed by atoms with Crippen molar-refractivity contribution in [2.24, 2.45) is 5.73 Å². The van der Waals surface area contributed by atoms with E-state index in [1.165, 1.54) is 0 Å². The fraction of sp³-hybridized carbons (Fsp3) is 0.550. The van der Waals surface area contributed by atoms with Crippen LogP contribution in [-0.4, -0.2) is 23.8 Å². The van der Waals surface area contributed by atoms with E-state index in [1.54, 1.807) is 0 Å². The van der Waals surface area contributed by atoms with Crippen LogP contribution in [0.4, 0.5) is 0 Å². The average molecular weight is 361 g/mol. The summed E-state index contributed by atoms with van der Waals surface area (Å²) in [5.74, 6) is -1.06. The molecule has 0 aliphatic heterocycles. The third-order valence-electron chi connectivity index (χ3n) is 4.28. The minimum Gasteiger partial charge on any atom is -0.368 e. The number of rotatable bonds is 12. The van der Waals surface area contributed by atoms with Gasteiger partial charge in [0.1, 0.15) is 6.04 Å². The van der Waals surface area contributed by atoms with Crippen molar-refractivity contribution >= 4 is 17.7 Å². The second-order valence-corrected chi connectivity index (χ2v) is 6.57. The van der Waals surface area contributed by atoms with Crippen LogP contribution in [0.1, 0.15) is 70.4 Å². The number of hydrogen-bond acceptors (Lipinski definition) is 3. The minimum absolute atomic E-state index is 0.0338. The molecule has 0 aromatic heterocycles. The van der Waals surface area contributed by atoms with Crippen LogP contribution in [0.2, 0.25) is 0 Å². The lowest BCUT2D eigenvalue weighted by Gasteiger charge is -2.16. The van der Waals surface area contributed by atoms with Crippen molar-refractivity contribution in [1.82, 2.24) is 10.6 Å². The maximum Gasteiger partial charge on any atom is 0.239 e. The maximum atomic E-state index is 12.0. The highest BCUT2D eigenvalue weighted by molar-refractivity contribution is 5.88. The molecule has 0 radical (unpaired) electrons. The molecule has 3 amide bonds. The Bertz CT molecular complexity index is 575. The van der Waals surface area contributed by atoms with Crippen LogP contribution >= 0.6 is 0 Å². The summed E-state index contributed by atoms with van der Waals surface area (Å²) in [5.41, 5.74) is 6.36. The van der Waals surface area contributed by atoms with Crippen molar-refractivity contribution in [3.8, 4) is 0 Å². The zero-order valence-corrected chi connectivity index (χ0v) is 15.8. The number of nitrogens with two attached hydrogens (primary N) is 1. The molecule has 2 atom stereocenters. The summed E-state index contributed by atoms with van der Waals surface area (Å²) in [7, 11) is 0. The van der Waals surface area contributed by atoms with Gasteiger partial charge >= 0.3 is 0 Å². The summed E-state index contributed by atoms with van der Waals surface area (Å²) in [6.07, 6.45) is 4.70. The highest BCUT2D eigenvalue weighted by atomic mass is 16.2. The molecule has 0 bridgehead atoms. The molecule has 0 saturated carbocycles. The smallest absolute Gasteiger partial charge is 0.239 e. The van der Waals surface area contributed by atoms with Crippen molar-refractivity contribution in [2.45, 2.75) is 70.9 Å². The average Bonchev–Trinajstić information content (AvgIpc) is 2.63. The largest absolute Gasteiger partial charge is 0.368 e. The van der Waals surface area contributed by atoms with Gasteiger partial charge < -0.3 is 16.4 Å². The number of nitrogens with one attached hydrogen (secondary N) is 2. The summed E-state index contributed by atoms with van der Waals surface area (Å²) in [5, 5.41) is 5.51. The van der Waals surface area contributed by atoms with E-state index < -0.39 is 11.9 Å². The number of hydrogen-bond donors (Lipinski definition) is 3. The fourth-order valence-electron chi connectivity index (χ4n) is 2.69. The molecule has 0 saturated heterocycles. The van der Waals surface area contributed by atoms with E-state index in [9.17, 15) is 14.4 Å². The molecule has 144 valence electrons. The van der Waals surface area contributed by atoms with Crippen molar-refractivity contribution < 1.29 is 14.4 Å². The van der Waals surface area contributed by atoms with E-state index in [2.05, 4.69) is 17.6 Å². The highest BCUT2D eigenvalue weighted by Gasteiger charge is 2.18. The summed E-state index contributed by atoms with van der Waals surface area (Å²) >= 11 is 0. The van der Waals surface area contributed by atoms with E-state index in [4.69, 9.17) is 5.73 Å². The third-order valence-corrected chi connectivity index (χ3v) is 4.28. The van der Waals surface area contributed by atoms with E-state index in [1.807, 2.05) is 37.3 Å². The molecule has 0 heterocycles. The first kappa shape index (κ1) is 21.7. The Morgan fingerprint density at radius 1 is 0.962 bits per heavy atom. The van der Waals surface area contributed by atoms with Gasteiger partial charge in [0.15, 0.2) is 0 Å². The van der Waals surface area contributed by atoms with E-state index in [0.29, 0.717) is 6.42 Å². The molecule has 1 aromatic rings. The first-order valence-corrected chi connectivity index (χ1v) is 9.37. The zero-order valence-electron chi connectivity index (χ0n) is 15.8. The Labute approximate surface area is 155 Å². The number of unbranched alkanes of at least 4 members (excludes halogenated alkanes) is 3. The lowest BCUT2D eigenvalue weighted by atomic mass is 10.1. The van der Waals surface area contributed by atoms with Gasteiger partial charge in [-0.1, -0.05) is 62.9 Å². The molecule has 0 unspecified atom stereocenters. The Hall–Kier alpha value is -2.37. The van der Waals surface area contributed by atoms with Crippen LogP contribution in [-0.2, 0) is 14.4 Å². The number of amides is 3. The molecule has 1 rings (SSSR count). The first-order valence-electron chi connectivity index (χ1n) is 9.37. The van der Waals surface area contributed by atoms with E-state index >= 15 is 0 Å². The third kappa shape index (κ3) is 8.65. The second-order valence-electron chi connectivity index (χ2n) is 6.57. The Morgan fingerprint density at radius 3 is 2.15 bits per heavy atom. The minimum atomic E-state index is -0.661. The molecule has 0 aliphatic rings. The molecular weight excluding hydrogens is 330 g/mol. The summed E-state index contributed by atoms with van der Waals surface area (Å²) in [6, 6.07) is 8.83. The monoisotopic (exact) mass is 361 g/mol. The molecule has 0 fully saturated rings. The standard InChI is InChI=1S/C20H31N3O3/c1-3-4-5-9-12-17(20(21)26)23-19(25)14-13-18(24)22-15(2)16-10-7-6-8-11-16/h6-8,10-11,15,17H,3-5,9,12-14H2,1-2H3,(H2,21,26)(H,22,24)(H,23,25)/t15-,17+/m1/s1. The lowest BCUT2D eigenvalue weighted by molar-refractivity contribution is -0.129. The Kier molecular flexibility index (Phi) is 10.1. The van der Waals surface area contributed by atoms with Gasteiger partial charge in [0, 0.05) is 12.8 Å². The topological polar surface area (TPSA) is 101 Å². The van der Waals surface area contributed by atoms with Crippen molar-refractivity contribution in [3.63, 3.8) is 0 Å². The molecule has 4 N–H and O–H groups in total. The Morgan fingerprint density at radius 2 is 1.58 bits per heavy atom. The quantitative estimate of drug-likeness (QED) is 0.499. The van der Waals surface area contributed by atoms with E-state index in [-0.39, 0.29) is 30.7 Å². The number of carbonyl (C=O) groups excluding carboxylic acids is 3.